The van der Waals surface area contributed by atoms with Crippen LogP contribution >= 0.6 is 28.1 Å². The molecule has 6 rings (SSSR count). The molecule has 0 saturated heterocycles. The van der Waals surface area contributed by atoms with Gasteiger partial charge in [-0.2, -0.15) is 0 Å². The molecule has 30 heavy (non-hydrogen) atoms. The summed E-state index contributed by atoms with van der Waals surface area (Å²) < 4.78 is 1.59. The first kappa shape index (κ1) is 17.7. The summed E-state index contributed by atoms with van der Waals surface area (Å²) in [5, 5.41) is 4.04. The van der Waals surface area contributed by atoms with Crippen LogP contribution in [-0.4, -0.2) is 20.9 Å². The first-order chi connectivity index (χ1) is 14.6. The van der Waals surface area contributed by atoms with E-state index in [4.69, 9.17) is 12.2 Å². The zero-order chi connectivity index (χ0) is 20.4. The number of fused-ring (bicyclic) bond motifs is 3. The molecule has 1 amide bonds. The fourth-order valence-corrected chi connectivity index (χ4v) is 4.87. The van der Waals surface area contributed by atoms with E-state index >= 15 is 0 Å². The molecule has 0 bridgehead atoms. The monoisotopic (exact) mass is 474 g/mol. The van der Waals surface area contributed by atoms with Gasteiger partial charge < -0.3 is 20.3 Å². The van der Waals surface area contributed by atoms with Crippen molar-refractivity contribution in [3.63, 3.8) is 0 Å². The van der Waals surface area contributed by atoms with Crippen LogP contribution in [-0.2, 0) is 4.79 Å². The zero-order valence-corrected chi connectivity index (χ0v) is 17.9. The molecular weight excluding hydrogens is 460 g/mol. The predicted molar refractivity (Wildman–Crippen MR) is 125 cm³/mol. The Labute approximate surface area is 184 Å². The van der Waals surface area contributed by atoms with E-state index in [9.17, 15) is 4.79 Å². The quantitative estimate of drug-likeness (QED) is 0.229. The molecule has 0 saturated carbocycles. The lowest BCUT2D eigenvalue weighted by molar-refractivity contribution is -0.116. The molecule has 3 aromatic carbocycles. The van der Waals surface area contributed by atoms with Gasteiger partial charge in [0.1, 0.15) is 0 Å². The van der Waals surface area contributed by atoms with E-state index in [1.807, 2.05) is 42.5 Å². The number of carbonyl (C=O) groups excluding carboxylic acids is 1. The highest BCUT2D eigenvalue weighted by Gasteiger charge is 2.35. The summed E-state index contributed by atoms with van der Waals surface area (Å²) in [6.07, 6.45) is 0. The molecular formula is C23H15BrN4OS. The van der Waals surface area contributed by atoms with E-state index in [1.165, 1.54) is 0 Å². The number of halogens is 1. The minimum absolute atomic E-state index is 0.0161. The minimum Gasteiger partial charge on any atom is -0.354 e. The molecule has 0 aliphatic carbocycles. The second-order valence-corrected chi connectivity index (χ2v) is 8.78. The summed E-state index contributed by atoms with van der Waals surface area (Å²) in [6.45, 7) is 0. The van der Waals surface area contributed by atoms with Crippen LogP contribution in [0.15, 0.2) is 65.1 Å². The Balaban J connectivity index is 1.70. The van der Waals surface area contributed by atoms with E-state index in [0.29, 0.717) is 4.77 Å². The zero-order valence-electron chi connectivity index (χ0n) is 15.5. The summed E-state index contributed by atoms with van der Waals surface area (Å²) in [7, 11) is 0. The Morgan fingerprint density at radius 1 is 0.867 bits per heavy atom. The molecule has 1 atom stereocenters. The van der Waals surface area contributed by atoms with Gasteiger partial charge in [0.2, 0.25) is 5.91 Å². The number of hydrogen-bond acceptors (Lipinski definition) is 2. The van der Waals surface area contributed by atoms with Gasteiger partial charge in [-0.15, -0.1) is 0 Å². The summed E-state index contributed by atoms with van der Waals surface area (Å²) in [6, 6.07) is 20.1. The van der Waals surface area contributed by atoms with Gasteiger partial charge >= 0.3 is 0 Å². The first-order valence-corrected chi connectivity index (χ1v) is 10.7. The van der Waals surface area contributed by atoms with Crippen LogP contribution in [0, 0.1) is 4.77 Å². The molecule has 0 fully saturated rings. The average molecular weight is 475 g/mol. The number of H-pyrrole nitrogens is 3. The molecule has 7 heteroatoms. The molecule has 0 radical (unpaired) electrons. The summed E-state index contributed by atoms with van der Waals surface area (Å²) in [5.41, 5.74) is 7.60. The van der Waals surface area contributed by atoms with Crippen LogP contribution in [0.3, 0.4) is 0 Å². The summed E-state index contributed by atoms with van der Waals surface area (Å²) in [4.78, 5) is 23.1. The number of benzene rings is 3. The number of aromatic amines is 3. The molecule has 1 aliphatic rings. The van der Waals surface area contributed by atoms with Crippen molar-refractivity contribution in [3.8, 4) is 11.3 Å². The number of aromatic nitrogens is 3. The summed E-state index contributed by atoms with van der Waals surface area (Å²) >= 11 is 8.77. The smallest absolute Gasteiger partial charge is 0.236 e. The highest BCUT2D eigenvalue weighted by molar-refractivity contribution is 9.10. The molecule has 0 spiro atoms. The molecule has 5 nitrogen and oxygen atoms in total. The van der Waals surface area contributed by atoms with Crippen LogP contribution in [0.2, 0.25) is 0 Å². The predicted octanol–water partition coefficient (Wildman–Crippen LogP) is 6.22. The Morgan fingerprint density at radius 3 is 2.40 bits per heavy atom. The van der Waals surface area contributed by atoms with Crippen molar-refractivity contribution >= 4 is 61.7 Å². The number of rotatable bonds is 2. The lowest BCUT2D eigenvalue weighted by atomic mass is 9.88. The summed E-state index contributed by atoms with van der Waals surface area (Å²) in [5.74, 6) is -0.412. The number of amides is 1. The van der Waals surface area contributed by atoms with Gasteiger partial charge in [-0.05, 0) is 53.7 Å². The third kappa shape index (κ3) is 2.59. The largest absolute Gasteiger partial charge is 0.354 e. The molecule has 146 valence electrons. The van der Waals surface area contributed by atoms with Gasteiger partial charge in [0.05, 0.1) is 22.6 Å². The van der Waals surface area contributed by atoms with E-state index in [0.717, 1.165) is 54.5 Å². The van der Waals surface area contributed by atoms with E-state index in [2.05, 4.69) is 54.4 Å². The van der Waals surface area contributed by atoms with E-state index in [1.54, 1.807) is 0 Å². The average Bonchev–Trinajstić information content (AvgIpc) is 3.37. The van der Waals surface area contributed by atoms with Crippen molar-refractivity contribution in [2.45, 2.75) is 5.92 Å². The maximum atomic E-state index is 13.1. The molecule has 2 aromatic heterocycles. The fraction of sp³-hybridized carbons (Fsp3) is 0.0435. The number of imidazole rings is 1. The standard InChI is InChI=1S/C23H15BrN4OS/c24-12-7-5-11(6-8-12)21-19(20-13-3-1-2-4-15(13)26-22(20)29)14-9-17-18(10-16(14)25-21)28-23(30)27-17/h1-10,20,25H,(H,26,29)(H2,27,28,30). The lowest BCUT2D eigenvalue weighted by Crippen LogP contribution is -2.13. The van der Waals surface area contributed by atoms with Crippen molar-refractivity contribution in [2.24, 2.45) is 0 Å². The Hall–Kier alpha value is -3.16. The van der Waals surface area contributed by atoms with Gasteiger partial charge in [-0.3, -0.25) is 4.79 Å². The third-order valence-corrected chi connectivity index (χ3v) is 6.42. The van der Waals surface area contributed by atoms with Gasteiger partial charge in [0.25, 0.3) is 0 Å². The third-order valence-electron chi connectivity index (χ3n) is 5.69. The molecule has 5 aromatic rings. The fourth-order valence-electron chi connectivity index (χ4n) is 4.38. The van der Waals surface area contributed by atoms with Crippen LogP contribution in [0.5, 0.6) is 0 Å². The second-order valence-electron chi connectivity index (χ2n) is 7.45. The van der Waals surface area contributed by atoms with Crippen LogP contribution < -0.4 is 5.32 Å². The SMILES string of the molecule is O=C1Nc2ccccc2C1c1c(-c2ccc(Br)cc2)[nH]c2cc3[nH]c(=S)[nH]c3cc12. The van der Waals surface area contributed by atoms with Crippen LogP contribution in [0.4, 0.5) is 5.69 Å². The molecule has 1 unspecified atom stereocenters. The second kappa shape index (κ2) is 6.42. The number of para-hydroxylation sites is 1. The van der Waals surface area contributed by atoms with Gasteiger partial charge in [0, 0.05) is 26.6 Å². The highest BCUT2D eigenvalue weighted by atomic mass is 79.9. The molecule has 1 aliphatic heterocycles. The maximum absolute atomic E-state index is 13.1. The number of nitrogens with one attached hydrogen (secondary N) is 4. The van der Waals surface area contributed by atoms with Crippen LogP contribution in [0.25, 0.3) is 33.2 Å². The van der Waals surface area contributed by atoms with Gasteiger partial charge in [0.15, 0.2) is 4.77 Å². The normalized spacial score (nSPS) is 15.6. The lowest BCUT2D eigenvalue weighted by Gasteiger charge is -2.12. The number of anilines is 1. The maximum Gasteiger partial charge on any atom is 0.236 e. The Bertz CT molecular complexity index is 1530. The highest BCUT2D eigenvalue weighted by Crippen LogP contribution is 2.45. The molecule has 3 heterocycles. The molecule has 4 N–H and O–H groups in total. The Morgan fingerprint density at radius 2 is 1.60 bits per heavy atom. The number of hydrogen-bond donors (Lipinski definition) is 4. The van der Waals surface area contributed by atoms with E-state index in [-0.39, 0.29) is 5.91 Å². The van der Waals surface area contributed by atoms with Gasteiger partial charge in [-0.25, -0.2) is 0 Å². The van der Waals surface area contributed by atoms with E-state index < -0.39 is 5.92 Å². The topological polar surface area (TPSA) is 76.5 Å². The minimum atomic E-state index is -0.395. The van der Waals surface area contributed by atoms with Crippen molar-refractivity contribution in [1.29, 1.82) is 0 Å². The van der Waals surface area contributed by atoms with Crippen molar-refractivity contribution in [3.05, 3.63) is 81.0 Å². The Kier molecular flexibility index (Phi) is 3.78. The van der Waals surface area contributed by atoms with Crippen molar-refractivity contribution < 1.29 is 4.79 Å². The van der Waals surface area contributed by atoms with Crippen LogP contribution in [0.1, 0.15) is 17.0 Å². The first-order valence-electron chi connectivity index (χ1n) is 9.52. The number of carbonyl (C=O) groups is 1. The van der Waals surface area contributed by atoms with Crippen molar-refractivity contribution in [2.75, 3.05) is 5.32 Å². The van der Waals surface area contributed by atoms with Crippen molar-refractivity contribution in [1.82, 2.24) is 15.0 Å². The van der Waals surface area contributed by atoms with Gasteiger partial charge in [-0.1, -0.05) is 46.3 Å².